The summed E-state index contributed by atoms with van der Waals surface area (Å²) >= 11 is 0. The highest BCUT2D eigenvalue weighted by Crippen LogP contribution is 2.35. The van der Waals surface area contributed by atoms with Gasteiger partial charge in [0.15, 0.2) is 0 Å². The lowest BCUT2D eigenvalue weighted by atomic mass is 9.95. The van der Waals surface area contributed by atoms with Crippen LogP contribution in [0.5, 0.6) is 0 Å². The van der Waals surface area contributed by atoms with Gasteiger partial charge in [0.1, 0.15) is 12.0 Å². The van der Waals surface area contributed by atoms with Crippen molar-refractivity contribution in [3.05, 3.63) is 47.3 Å². The van der Waals surface area contributed by atoms with Gasteiger partial charge in [0.25, 0.3) is 0 Å². The second kappa shape index (κ2) is 7.83. The van der Waals surface area contributed by atoms with Crippen LogP contribution in [0.2, 0.25) is 0 Å². The molecule has 0 radical (unpaired) electrons. The Morgan fingerprint density at radius 3 is 3.00 bits per heavy atom. The standard InChI is InChI=1S/C21H30N6O/c1-4-9-22-20(28)8-7-19-23-24-21-18-13-17(25-27(18)11-10-26(19)21)16-12-14(2)5-6-15(16)3/h5-6,10-12,17-18,21,24-25H,4,7-9,13H2,1-3H3,(H,22,28). The fourth-order valence-corrected chi connectivity index (χ4v) is 4.23. The molecule has 28 heavy (non-hydrogen) atoms. The van der Waals surface area contributed by atoms with Gasteiger partial charge in [-0.2, -0.15) is 5.10 Å². The molecular weight excluding hydrogens is 352 g/mol. The molecule has 0 bridgehead atoms. The molecular formula is C21H30N6O. The topological polar surface area (TPSA) is 72.0 Å². The van der Waals surface area contributed by atoms with Crippen LogP contribution in [-0.2, 0) is 4.79 Å². The summed E-state index contributed by atoms with van der Waals surface area (Å²) in [6, 6.07) is 7.22. The Hall–Kier alpha value is -2.54. The van der Waals surface area contributed by atoms with E-state index in [0.717, 1.165) is 25.2 Å². The Balaban J connectivity index is 1.40. The fourth-order valence-electron chi connectivity index (χ4n) is 4.23. The summed E-state index contributed by atoms with van der Waals surface area (Å²) in [5, 5.41) is 9.66. The summed E-state index contributed by atoms with van der Waals surface area (Å²) in [7, 11) is 0. The van der Waals surface area contributed by atoms with E-state index in [9.17, 15) is 4.79 Å². The summed E-state index contributed by atoms with van der Waals surface area (Å²) in [4.78, 5) is 14.1. The van der Waals surface area contributed by atoms with Gasteiger partial charge in [-0.3, -0.25) is 10.2 Å². The lowest BCUT2D eigenvalue weighted by Crippen LogP contribution is -2.54. The van der Waals surface area contributed by atoms with E-state index >= 15 is 0 Å². The molecule has 3 atom stereocenters. The summed E-state index contributed by atoms with van der Waals surface area (Å²) in [5.41, 5.74) is 10.9. The zero-order valence-electron chi connectivity index (χ0n) is 16.9. The van der Waals surface area contributed by atoms with Crippen molar-refractivity contribution in [3.63, 3.8) is 0 Å². The monoisotopic (exact) mass is 382 g/mol. The molecule has 3 heterocycles. The summed E-state index contributed by atoms with van der Waals surface area (Å²) in [6.07, 6.45) is 7.31. The van der Waals surface area contributed by atoms with Crippen molar-refractivity contribution in [2.45, 2.75) is 64.7 Å². The van der Waals surface area contributed by atoms with Crippen molar-refractivity contribution in [2.75, 3.05) is 6.54 Å². The van der Waals surface area contributed by atoms with Crippen molar-refractivity contribution in [3.8, 4) is 0 Å². The average molecular weight is 383 g/mol. The second-order valence-corrected chi connectivity index (χ2v) is 7.91. The molecule has 1 saturated heterocycles. The van der Waals surface area contributed by atoms with E-state index in [1.165, 1.54) is 16.7 Å². The quantitative estimate of drug-likeness (QED) is 0.704. The van der Waals surface area contributed by atoms with Gasteiger partial charge in [0.05, 0.1) is 12.1 Å². The van der Waals surface area contributed by atoms with E-state index in [4.69, 9.17) is 0 Å². The number of fused-ring (bicyclic) bond motifs is 3. The van der Waals surface area contributed by atoms with Crippen LogP contribution < -0.4 is 16.2 Å². The Bertz CT molecular complexity index is 804. The number of amides is 1. The summed E-state index contributed by atoms with van der Waals surface area (Å²) in [6.45, 7) is 7.11. The summed E-state index contributed by atoms with van der Waals surface area (Å²) < 4.78 is 0. The molecule has 0 aliphatic carbocycles. The minimum Gasteiger partial charge on any atom is -0.356 e. The van der Waals surface area contributed by atoms with Crippen molar-refractivity contribution in [1.29, 1.82) is 0 Å². The van der Waals surface area contributed by atoms with E-state index in [1.54, 1.807) is 0 Å². The zero-order valence-corrected chi connectivity index (χ0v) is 16.9. The van der Waals surface area contributed by atoms with Gasteiger partial charge in [0, 0.05) is 31.8 Å². The first-order valence-electron chi connectivity index (χ1n) is 10.2. The van der Waals surface area contributed by atoms with Gasteiger partial charge in [-0.05, 0) is 37.8 Å². The second-order valence-electron chi connectivity index (χ2n) is 7.91. The average Bonchev–Trinajstić information content (AvgIpc) is 3.30. The SMILES string of the molecule is CCCNC(=O)CCC1=NNC2C3CC(c4cc(C)ccc4C)NN3C=CN12. The van der Waals surface area contributed by atoms with Gasteiger partial charge in [-0.15, -0.1) is 0 Å². The molecule has 1 amide bonds. The van der Waals surface area contributed by atoms with Crippen LogP contribution in [0.25, 0.3) is 0 Å². The minimum absolute atomic E-state index is 0.0909. The van der Waals surface area contributed by atoms with Crippen LogP contribution in [0.15, 0.2) is 35.7 Å². The zero-order chi connectivity index (χ0) is 19.7. The number of nitrogens with zero attached hydrogens (tertiary/aromatic N) is 3. The third-order valence-corrected chi connectivity index (χ3v) is 5.77. The number of hydrogen-bond donors (Lipinski definition) is 3. The van der Waals surface area contributed by atoms with Crippen LogP contribution in [0.4, 0.5) is 0 Å². The van der Waals surface area contributed by atoms with Crippen LogP contribution in [0.1, 0.15) is 55.3 Å². The molecule has 150 valence electrons. The lowest BCUT2D eigenvalue weighted by Gasteiger charge is -2.37. The maximum absolute atomic E-state index is 11.9. The number of amidine groups is 1. The first kappa shape index (κ1) is 18.8. The van der Waals surface area contributed by atoms with Crippen molar-refractivity contribution in [2.24, 2.45) is 5.10 Å². The molecule has 7 nitrogen and oxygen atoms in total. The molecule has 3 aliphatic rings. The number of rotatable bonds is 6. The van der Waals surface area contributed by atoms with Crippen LogP contribution in [0, 0.1) is 13.8 Å². The van der Waals surface area contributed by atoms with E-state index in [0.29, 0.717) is 18.9 Å². The maximum atomic E-state index is 11.9. The van der Waals surface area contributed by atoms with Crippen LogP contribution in [0.3, 0.4) is 0 Å². The van der Waals surface area contributed by atoms with E-state index in [1.807, 2.05) is 0 Å². The van der Waals surface area contributed by atoms with E-state index in [2.05, 4.69) is 82.5 Å². The predicted molar refractivity (Wildman–Crippen MR) is 110 cm³/mol. The number of carbonyl (C=O) groups is 1. The predicted octanol–water partition coefficient (Wildman–Crippen LogP) is 2.26. The van der Waals surface area contributed by atoms with Gasteiger partial charge in [0.2, 0.25) is 5.91 Å². The van der Waals surface area contributed by atoms with Crippen molar-refractivity contribution in [1.82, 2.24) is 26.1 Å². The number of hydrazine groups is 1. The lowest BCUT2D eigenvalue weighted by molar-refractivity contribution is -0.120. The molecule has 0 aromatic heterocycles. The van der Waals surface area contributed by atoms with E-state index in [-0.39, 0.29) is 18.1 Å². The molecule has 0 saturated carbocycles. The van der Waals surface area contributed by atoms with Crippen LogP contribution in [-0.4, -0.2) is 40.4 Å². The molecule has 3 unspecified atom stereocenters. The van der Waals surface area contributed by atoms with Crippen molar-refractivity contribution >= 4 is 11.7 Å². The van der Waals surface area contributed by atoms with E-state index < -0.39 is 0 Å². The highest BCUT2D eigenvalue weighted by molar-refractivity contribution is 5.89. The Kier molecular flexibility index (Phi) is 5.26. The highest BCUT2D eigenvalue weighted by atomic mass is 16.1. The third kappa shape index (κ3) is 3.58. The number of hydrazone groups is 1. The molecule has 0 spiro atoms. The van der Waals surface area contributed by atoms with Crippen LogP contribution >= 0.6 is 0 Å². The van der Waals surface area contributed by atoms with Gasteiger partial charge in [-0.1, -0.05) is 30.7 Å². The molecule has 1 fully saturated rings. The van der Waals surface area contributed by atoms with Gasteiger partial charge < -0.3 is 15.2 Å². The molecule has 3 N–H and O–H groups in total. The minimum atomic E-state index is 0.0909. The normalized spacial score (nSPS) is 25.2. The van der Waals surface area contributed by atoms with Gasteiger partial charge >= 0.3 is 0 Å². The number of nitrogens with one attached hydrogen (secondary N) is 3. The first-order chi connectivity index (χ1) is 13.6. The largest absolute Gasteiger partial charge is 0.356 e. The Labute approximate surface area is 166 Å². The number of benzene rings is 1. The molecule has 1 aromatic rings. The first-order valence-corrected chi connectivity index (χ1v) is 10.2. The van der Waals surface area contributed by atoms with Crippen molar-refractivity contribution < 1.29 is 4.79 Å². The van der Waals surface area contributed by atoms with Gasteiger partial charge in [-0.25, -0.2) is 5.43 Å². The molecule has 4 rings (SSSR count). The third-order valence-electron chi connectivity index (χ3n) is 5.77. The highest BCUT2D eigenvalue weighted by Gasteiger charge is 2.44. The Morgan fingerprint density at radius 1 is 1.32 bits per heavy atom. The smallest absolute Gasteiger partial charge is 0.220 e. The molecule has 7 heteroatoms. The molecule has 3 aliphatic heterocycles. The summed E-state index contributed by atoms with van der Waals surface area (Å²) in [5.74, 6) is 1.02. The fraction of sp³-hybridized carbons (Fsp3) is 0.524. The molecule has 1 aromatic carbocycles. The number of aryl methyl sites for hydroxylation is 2. The maximum Gasteiger partial charge on any atom is 0.220 e. The number of hydrogen-bond acceptors (Lipinski definition) is 6. The Morgan fingerprint density at radius 2 is 2.18 bits per heavy atom. The number of carbonyl (C=O) groups excluding carboxylic acids is 1.